The van der Waals surface area contributed by atoms with E-state index in [-0.39, 0.29) is 6.04 Å². The molecule has 0 spiro atoms. The van der Waals surface area contributed by atoms with E-state index in [9.17, 15) is 0 Å². The minimum atomic E-state index is 0.245. The van der Waals surface area contributed by atoms with Crippen molar-refractivity contribution in [1.29, 1.82) is 0 Å². The second-order valence-electron chi connectivity index (χ2n) is 4.86. The lowest BCUT2D eigenvalue weighted by molar-refractivity contribution is 0.603. The molecule has 0 amide bonds. The monoisotopic (exact) mass is 282 g/mol. The van der Waals surface area contributed by atoms with Crippen LogP contribution in [0.2, 0.25) is 0 Å². The van der Waals surface area contributed by atoms with Crippen LogP contribution in [-0.4, -0.2) is 11.5 Å². The van der Waals surface area contributed by atoms with Crippen molar-refractivity contribution in [3.05, 3.63) is 64.5 Å². The summed E-state index contributed by atoms with van der Waals surface area (Å²) in [5.41, 5.74) is 3.70. The van der Waals surface area contributed by atoms with Crippen LogP contribution in [0, 0.1) is 0 Å². The number of thiophene rings is 1. The topological polar surface area (TPSA) is 24.9 Å². The molecule has 2 nitrogen and oxygen atoms in total. The van der Waals surface area contributed by atoms with Gasteiger partial charge in [-0.05, 0) is 53.1 Å². The van der Waals surface area contributed by atoms with Gasteiger partial charge in [0.05, 0.1) is 11.6 Å². The molecule has 0 saturated heterocycles. The summed E-state index contributed by atoms with van der Waals surface area (Å²) >= 11 is 1.75. The summed E-state index contributed by atoms with van der Waals surface area (Å²) in [6.07, 6.45) is 2.98. The average molecular weight is 282 g/mol. The van der Waals surface area contributed by atoms with E-state index in [0.717, 1.165) is 18.5 Å². The number of nitrogens with one attached hydrogen (secondary N) is 1. The largest absolute Gasteiger partial charge is 0.306 e. The Morgan fingerprint density at radius 2 is 2.15 bits per heavy atom. The van der Waals surface area contributed by atoms with Gasteiger partial charge in [0.25, 0.3) is 0 Å². The average Bonchev–Trinajstić information content (AvgIpc) is 3.02. The molecule has 1 N–H and O–H groups in total. The molecular weight excluding hydrogens is 264 g/mol. The first-order chi connectivity index (χ1) is 9.90. The number of benzene rings is 1. The summed E-state index contributed by atoms with van der Waals surface area (Å²) in [6, 6.07) is 13.0. The van der Waals surface area contributed by atoms with E-state index in [0.29, 0.717) is 0 Å². The highest BCUT2D eigenvalue weighted by Crippen LogP contribution is 2.29. The molecule has 0 fully saturated rings. The van der Waals surface area contributed by atoms with Crippen molar-refractivity contribution < 1.29 is 0 Å². The number of nitrogens with zero attached hydrogens (tertiary/aromatic N) is 1. The molecule has 102 valence electrons. The van der Waals surface area contributed by atoms with Gasteiger partial charge >= 0.3 is 0 Å². The van der Waals surface area contributed by atoms with Gasteiger partial charge in [-0.25, -0.2) is 0 Å². The van der Waals surface area contributed by atoms with Crippen LogP contribution < -0.4 is 5.32 Å². The minimum absolute atomic E-state index is 0.245. The normalized spacial score (nSPS) is 12.7. The lowest BCUT2D eigenvalue weighted by atomic mass is 9.97. The molecule has 0 bridgehead atoms. The van der Waals surface area contributed by atoms with Gasteiger partial charge in [-0.1, -0.05) is 25.1 Å². The number of aromatic nitrogens is 1. The van der Waals surface area contributed by atoms with Gasteiger partial charge in [0.15, 0.2) is 0 Å². The molecule has 0 aliphatic carbocycles. The Balaban J connectivity index is 2.09. The van der Waals surface area contributed by atoms with Crippen LogP contribution in [0.5, 0.6) is 0 Å². The Kier molecular flexibility index (Phi) is 4.09. The predicted octanol–water partition coefficient (Wildman–Crippen LogP) is 4.39. The standard InChI is InChI=1S/C17H18N2S/c1-2-9-19-17(13-8-11-20-12-13)15-5-3-7-16-14(15)6-4-10-18-16/h3-8,10-12,17,19H,2,9H2,1H3. The molecule has 1 atom stereocenters. The van der Waals surface area contributed by atoms with E-state index in [1.54, 1.807) is 11.3 Å². The molecular formula is C17H18N2S. The van der Waals surface area contributed by atoms with Gasteiger partial charge in [0, 0.05) is 11.6 Å². The number of hydrogen-bond donors (Lipinski definition) is 1. The zero-order valence-corrected chi connectivity index (χ0v) is 12.4. The summed E-state index contributed by atoms with van der Waals surface area (Å²) < 4.78 is 0. The first kappa shape index (κ1) is 13.3. The molecule has 2 aromatic heterocycles. The van der Waals surface area contributed by atoms with Gasteiger partial charge in [0.2, 0.25) is 0 Å². The summed E-state index contributed by atoms with van der Waals surface area (Å²) in [5, 5.41) is 9.25. The molecule has 0 radical (unpaired) electrons. The van der Waals surface area contributed by atoms with Crippen molar-refractivity contribution in [1.82, 2.24) is 10.3 Å². The lowest BCUT2D eigenvalue weighted by Crippen LogP contribution is -2.23. The zero-order valence-electron chi connectivity index (χ0n) is 11.5. The Morgan fingerprint density at radius 3 is 2.95 bits per heavy atom. The minimum Gasteiger partial charge on any atom is -0.306 e. The lowest BCUT2D eigenvalue weighted by Gasteiger charge is -2.19. The molecule has 1 aromatic carbocycles. The SMILES string of the molecule is CCCNC(c1ccsc1)c1cccc2ncccc12. The van der Waals surface area contributed by atoms with Crippen LogP contribution in [-0.2, 0) is 0 Å². The number of pyridine rings is 1. The van der Waals surface area contributed by atoms with Crippen LogP contribution in [0.15, 0.2) is 53.4 Å². The van der Waals surface area contributed by atoms with E-state index < -0.39 is 0 Å². The number of rotatable bonds is 5. The number of hydrogen-bond acceptors (Lipinski definition) is 3. The first-order valence-corrected chi connectivity index (χ1v) is 7.93. The summed E-state index contributed by atoms with van der Waals surface area (Å²) in [4.78, 5) is 4.46. The molecule has 2 heterocycles. The summed E-state index contributed by atoms with van der Waals surface area (Å²) in [6.45, 7) is 3.21. The van der Waals surface area contributed by atoms with Crippen molar-refractivity contribution >= 4 is 22.2 Å². The van der Waals surface area contributed by atoms with Crippen LogP contribution in [0.3, 0.4) is 0 Å². The van der Waals surface area contributed by atoms with Crippen LogP contribution >= 0.6 is 11.3 Å². The maximum atomic E-state index is 4.46. The third kappa shape index (κ3) is 2.60. The van der Waals surface area contributed by atoms with Crippen molar-refractivity contribution in [2.75, 3.05) is 6.54 Å². The second-order valence-corrected chi connectivity index (χ2v) is 5.64. The molecule has 3 aromatic rings. The van der Waals surface area contributed by atoms with Gasteiger partial charge in [-0.2, -0.15) is 11.3 Å². The zero-order chi connectivity index (χ0) is 13.8. The molecule has 1 unspecified atom stereocenters. The Morgan fingerprint density at radius 1 is 1.20 bits per heavy atom. The third-order valence-electron chi connectivity index (χ3n) is 3.47. The van der Waals surface area contributed by atoms with Gasteiger partial charge < -0.3 is 5.32 Å². The van der Waals surface area contributed by atoms with Crippen LogP contribution in [0.4, 0.5) is 0 Å². The van der Waals surface area contributed by atoms with Crippen molar-refractivity contribution in [2.24, 2.45) is 0 Å². The van der Waals surface area contributed by atoms with E-state index in [2.05, 4.69) is 58.3 Å². The highest BCUT2D eigenvalue weighted by Gasteiger charge is 2.16. The molecule has 20 heavy (non-hydrogen) atoms. The molecule has 0 saturated carbocycles. The quantitative estimate of drug-likeness (QED) is 0.751. The van der Waals surface area contributed by atoms with Crippen molar-refractivity contribution in [3.63, 3.8) is 0 Å². The van der Waals surface area contributed by atoms with E-state index >= 15 is 0 Å². The van der Waals surface area contributed by atoms with Gasteiger partial charge in [0.1, 0.15) is 0 Å². The van der Waals surface area contributed by atoms with Gasteiger partial charge in [-0.3, -0.25) is 4.98 Å². The molecule has 0 aliphatic heterocycles. The maximum Gasteiger partial charge on any atom is 0.0705 e. The second kappa shape index (κ2) is 6.16. The van der Waals surface area contributed by atoms with Crippen LogP contribution in [0.1, 0.15) is 30.5 Å². The van der Waals surface area contributed by atoms with Crippen molar-refractivity contribution in [3.8, 4) is 0 Å². The Bertz CT molecular complexity index is 671. The third-order valence-corrected chi connectivity index (χ3v) is 4.17. The Labute approximate surface area is 123 Å². The molecule has 0 aliphatic rings. The summed E-state index contributed by atoms with van der Waals surface area (Å²) in [7, 11) is 0. The maximum absolute atomic E-state index is 4.46. The smallest absolute Gasteiger partial charge is 0.0705 e. The van der Waals surface area contributed by atoms with Crippen molar-refractivity contribution in [2.45, 2.75) is 19.4 Å². The highest BCUT2D eigenvalue weighted by atomic mass is 32.1. The summed E-state index contributed by atoms with van der Waals surface area (Å²) in [5.74, 6) is 0. The molecule has 3 heteroatoms. The highest BCUT2D eigenvalue weighted by molar-refractivity contribution is 7.08. The fourth-order valence-electron chi connectivity index (χ4n) is 2.51. The van der Waals surface area contributed by atoms with E-state index in [1.807, 2.05) is 12.3 Å². The van der Waals surface area contributed by atoms with Crippen LogP contribution in [0.25, 0.3) is 10.9 Å². The number of fused-ring (bicyclic) bond motifs is 1. The van der Waals surface area contributed by atoms with E-state index in [1.165, 1.54) is 16.5 Å². The first-order valence-electron chi connectivity index (χ1n) is 6.99. The predicted molar refractivity (Wildman–Crippen MR) is 86.2 cm³/mol. The van der Waals surface area contributed by atoms with E-state index in [4.69, 9.17) is 0 Å². The Hall–Kier alpha value is -1.71. The fourth-order valence-corrected chi connectivity index (χ4v) is 3.20. The van der Waals surface area contributed by atoms with Gasteiger partial charge in [-0.15, -0.1) is 0 Å². The molecule has 3 rings (SSSR count). The fraction of sp³-hybridized carbons (Fsp3) is 0.235.